The lowest BCUT2D eigenvalue weighted by atomic mass is 10.1. The lowest BCUT2D eigenvalue weighted by Gasteiger charge is -2.34. The van der Waals surface area contributed by atoms with Crippen LogP contribution in [0.15, 0.2) is 206 Å². The zero-order chi connectivity index (χ0) is 45.8. The Balaban J connectivity index is 0.981. The second-order valence-electron chi connectivity index (χ2n) is 16.0. The van der Waals surface area contributed by atoms with Crippen LogP contribution in [0.4, 0.5) is 4.79 Å². The quantitative estimate of drug-likeness (QED) is 0.0475. The standard InChI is InChI=1S/C57H50O9/c1-41-15-27-51(28-16-41)63-56(61-49-11-7-5-8-12-49,64-52-29-17-42(2)18-30-52)39-45-23-35-47(36-24-45)59-55(58)60-48-37-25-46(26-38-48)40-57(62-50-13-9-6-10-14-50,65-53-31-19-43(3)20-32-53)66-54-33-21-44(4)22-34-54/h5-38H,39-40H2,1-4H3. The van der Waals surface area contributed by atoms with Crippen molar-refractivity contribution >= 4 is 6.16 Å². The fourth-order valence-corrected chi connectivity index (χ4v) is 6.89. The van der Waals surface area contributed by atoms with Gasteiger partial charge >= 0.3 is 18.1 Å². The van der Waals surface area contributed by atoms with E-state index in [4.69, 9.17) is 37.9 Å². The Hall–Kier alpha value is -8.17. The number of ether oxygens (including phenoxy) is 8. The molecule has 0 aromatic heterocycles. The van der Waals surface area contributed by atoms with Crippen LogP contribution < -0.4 is 37.9 Å². The summed E-state index contributed by atoms with van der Waals surface area (Å²) in [7, 11) is 0. The Morgan fingerprint density at radius 1 is 0.303 bits per heavy atom. The Kier molecular flexibility index (Phi) is 13.8. The highest BCUT2D eigenvalue weighted by Gasteiger charge is 2.41. The molecule has 332 valence electrons. The zero-order valence-corrected chi connectivity index (χ0v) is 37.2. The van der Waals surface area contributed by atoms with Crippen LogP contribution in [-0.4, -0.2) is 18.1 Å². The molecule has 0 aliphatic carbocycles. The van der Waals surface area contributed by atoms with E-state index in [1.54, 1.807) is 24.3 Å². The van der Waals surface area contributed by atoms with Crippen LogP contribution in [0, 0.1) is 27.7 Å². The number of rotatable bonds is 18. The van der Waals surface area contributed by atoms with Crippen molar-refractivity contribution in [3.63, 3.8) is 0 Å². The molecule has 8 aromatic rings. The van der Waals surface area contributed by atoms with Gasteiger partial charge in [0.2, 0.25) is 0 Å². The summed E-state index contributed by atoms with van der Waals surface area (Å²) in [5, 5.41) is 0. The summed E-state index contributed by atoms with van der Waals surface area (Å²) in [4.78, 5) is 13.2. The molecule has 0 saturated heterocycles. The van der Waals surface area contributed by atoms with Gasteiger partial charge in [-0.3, -0.25) is 0 Å². The average molecular weight is 879 g/mol. The van der Waals surface area contributed by atoms with Gasteiger partial charge in [-0.15, -0.1) is 0 Å². The van der Waals surface area contributed by atoms with Crippen LogP contribution in [0.25, 0.3) is 0 Å². The second kappa shape index (κ2) is 20.6. The largest absolute Gasteiger partial charge is 0.519 e. The van der Waals surface area contributed by atoms with Crippen molar-refractivity contribution in [1.29, 1.82) is 0 Å². The minimum Gasteiger partial charge on any atom is -0.420 e. The average Bonchev–Trinajstić information content (AvgIpc) is 3.31. The molecular weight excluding hydrogens is 829 g/mol. The van der Waals surface area contributed by atoms with Crippen molar-refractivity contribution < 1.29 is 42.7 Å². The van der Waals surface area contributed by atoms with E-state index in [1.165, 1.54) is 0 Å². The number of para-hydroxylation sites is 2. The van der Waals surface area contributed by atoms with Gasteiger partial charge in [0.25, 0.3) is 0 Å². The number of aryl methyl sites for hydroxylation is 4. The predicted molar refractivity (Wildman–Crippen MR) is 254 cm³/mol. The molecule has 0 N–H and O–H groups in total. The molecule has 8 rings (SSSR count). The van der Waals surface area contributed by atoms with E-state index in [2.05, 4.69) is 0 Å². The van der Waals surface area contributed by atoms with Gasteiger partial charge in [-0.25, -0.2) is 4.79 Å². The van der Waals surface area contributed by atoms with Crippen LogP contribution in [0.2, 0.25) is 0 Å². The molecule has 8 aromatic carbocycles. The van der Waals surface area contributed by atoms with E-state index < -0.39 is 18.1 Å². The molecular formula is C57H50O9. The maximum absolute atomic E-state index is 13.2. The number of hydrogen-bond donors (Lipinski definition) is 0. The smallest absolute Gasteiger partial charge is 0.420 e. The zero-order valence-electron chi connectivity index (χ0n) is 37.2. The summed E-state index contributed by atoms with van der Waals surface area (Å²) in [6, 6.07) is 63.5. The first-order valence-electron chi connectivity index (χ1n) is 21.6. The fraction of sp³-hybridized carbons (Fsp3) is 0.140. The summed E-state index contributed by atoms with van der Waals surface area (Å²) in [5.74, 6) is 0.637. The summed E-state index contributed by atoms with van der Waals surface area (Å²) in [6.45, 7) is 8.04. The number of hydrogen-bond acceptors (Lipinski definition) is 9. The molecule has 0 atom stereocenters. The molecule has 66 heavy (non-hydrogen) atoms. The van der Waals surface area contributed by atoms with Crippen molar-refractivity contribution in [3.8, 4) is 46.0 Å². The van der Waals surface area contributed by atoms with Crippen LogP contribution in [0.5, 0.6) is 46.0 Å². The Morgan fingerprint density at radius 2 is 0.530 bits per heavy atom. The summed E-state index contributed by atoms with van der Waals surface area (Å²) >= 11 is 0. The highest BCUT2D eigenvalue weighted by molar-refractivity contribution is 5.67. The summed E-state index contributed by atoms with van der Waals surface area (Å²) < 4.78 is 50.9. The fourth-order valence-electron chi connectivity index (χ4n) is 6.89. The first-order valence-corrected chi connectivity index (χ1v) is 21.6. The molecule has 0 bridgehead atoms. The summed E-state index contributed by atoms with van der Waals surface area (Å²) in [5.41, 5.74) is 5.91. The lowest BCUT2D eigenvalue weighted by molar-refractivity contribution is -0.252. The number of benzene rings is 8. The van der Waals surface area contributed by atoms with Crippen LogP contribution in [0.1, 0.15) is 33.4 Å². The van der Waals surface area contributed by atoms with Gasteiger partial charge in [0.05, 0.1) is 12.8 Å². The Bertz CT molecular complexity index is 2470. The topological polar surface area (TPSA) is 90.9 Å². The predicted octanol–water partition coefficient (Wildman–Crippen LogP) is 13.4. The van der Waals surface area contributed by atoms with Crippen molar-refractivity contribution in [3.05, 3.63) is 240 Å². The Labute approximate surface area is 385 Å². The summed E-state index contributed by atoms with van der Waals surface area (Å²) in [6.07, 6.45) is -0.593. The molecule has 9 nitrogen and oxygen atoms in total. The minimum absolute atomic E-state index is 0.157. The highest BCUT2D eigenvalue weighted by Crippen LogP contribution is 2.33. The van der Waals surface area contributed by atoms with Crippen molar-refractivity contribution in [1.82, 2.24) is 0 Å². The van der Waals surface area contributed by atoms with Gasteiger partial charge in [-0.2, -0.15) is 0 Å². The number of carbonyl (C=O) groups excluding carboxylic acids is 1. The van der Waals surface area contributed by atoms with Crippen molar-refractivity contribution in [2.24, 2.45) is 0 Å². The Morgan fingerprint density at radius 3 is 0.788 bits per heavy atom. The molecule has 0 spiro atoms. The van der Waals surface area contributed by atoms with Crippen molar-refractivity contribution in [2.75, 3.05) is 0 Å². The van der Waals surface area contributed by atoms with Gasteiger partial charge in [-0.1, -0.05) is 131 Å². The van der Waals surface area contributed by atoms with E-state index in [1.807, 2.05) is 210 Å². The first-order chi connectivity index (χ1) is 32.0. The van der Waals surface area contributed by atoms with Crippen molar-refractivity contribution in [2.45, 2.75) is 52.5 Å². The van der Waals surface area contributed by atoms with E-state index in [0.717, 1.165) is 33.4 Å². The van der Waals surface area contributed by atoms with E-state index in [0.29, 0.717) is 34.5 Å². The third-order valence-electron chi connectivity index (χ3n) is 10.3. The monoisotopic (exact) mass is 878 g/mol. The first kappa shape index (κ1) is 44.4. The van der Waals surface area contributed by atoms with Gasteiger partial charge in [-0.05, 0) is 136 Å². The molecule has 0 unspecified atom stereocenters. The molecule has 0 aliphatic rings. The van der Waals surface area contributed by atoms with E-state index >= 15 is 0 Å². The molecule has 0 fully saturated rings. The molecule has 9 heteroatoms. The third-order valence-corrected chi connectivity index (χ3v) is 10.3. The van der Waals surface area contributed by atoms with E-state index in [9.17, 15) is 4.79 Å². The second-order valence-corrected chi connectivity index (χ2v) is 16.0. The molecule has 0 heterocycles. The highest BCUT2D eigenvalue weighted by atomic mass is 16.9. The number of carbonyl (C=O) groups is 1. The third kappa shape index (κ3) is 12.5. The minimum atomic E-state index is -1.63. The SMILES string of the molecule is Cc1ccc(OC(Cc2ccc(OC(=O)Oc3ccc(CC(Oc4ccccc4)(Oc4ccc(C)cc4)Oc4ccc(C)cc4)cc3)cc2)(Oc2ccccc2)Oc2ccc(C)cc2)cc1. The van der Waals surface area contributed by atoms with Gasteiger partial charge in [0.1, 0.15) is 46.0 Å². The van der Waals surface area contributed by atoms with Gasteiger partial charge in [0, 0.05) is 0 Å². The maximum Gasteiger partial charge on any atom is 0.519 e. The lowest BCUT2D eigenvalue weighted by Crippen LogP contribution is -2.50. The van der Waals surface area contributed by atoms with Gasteiger partial charge < -0.3 is 37.9 Å². The van der Waals surface area contributed by atoms with Crippen LogP contribution in [0.3, 0.4) is 0 Å². The molecule has 0 aliphatic heterocycles. The molecule has 0 radical (unpaired) electrons. The molecule has 0 saturated carbocycles. The van der Waals surface area contributed by atoms with E-state index in [-0.39, 0.29) is 24.3 Å². The van der Waals surface area contributed by atoms with Gasteiger partial charge in [0.15, 0.2) is 0 Å². The maximum atomic E-state index is 13.2. The van der Waals surface area contributed by atoms with Crippen LogP contribution in [-0.2, 0) is 12.8 Å². The van der Waals surface area contributed by atoms with Crippen LogP contribution >= 0.6 is 0 Å². The molecule has 0 amide bonds. The normalized spacial score (nSPS) is 11.2.